The van der Waals surface area contributed by atoms with Crippen LogP contribution in [0.15, 0.2) is 0 Å². The van der Waals surface area contributed by atoms with Crippen LogP contribution in [0.4, 0.5) is 0 Å². The minimum Gasteiger partial charge on any atom is -0.379 e. The van der Waals surface area contributed by atoms with E-state index in [9.17, 15) is 4.79 Å². The third kappa shape index (κ3) is 11.4. The molecule has 0 aliphatic rings. The van der Waals surface area contributed by atoms with Crippen molar-refractivity contribution >= 4 is 5.91 Å². The van der Waals surface area contributed by atoms with Crippen LogP contribution in [-0.4, -0.2) is 25.2 Å². The van der Waals surface area contributed by atoms with E-state index in [0.717, 1.165) is 26.0 Å². The topological polar surface area (TPSA) is 38.3 Å². The van der Waals surface area contributed by atoms with Crippen LogP contribution in [0.1, 0.15) is 47.0 Å². The molecule has 0 saturated heterocycles. The van der Waals surface area contributed by atoms with Crippen LogP contribution >= 0.6 is 0 Å². The maximum Gasteiger partial charge on any atom is 0.220 e. The lowest BCUT2D eigenvalue weighted by Gasteiger charge is -2.08. The molecule has 1 N–H and O–H groups in total. The van der Waals surface area contributed by atoms with Gasteiger partial charge in [-0.2, -0.15) is 0 Å². The molecule has 0 saturated carbocycles. The molecule has 90 valence electrons. The number of carbonyl (C=O) groups excluding carboxylic acids is 1. The Morgan fingerprint density at radius 3 is 2.40 bits per heavy atom. The third-order valence-electron chi connectivity index (χ3n) is 1.94. The van der Waals surface area contributed by atoms with Crippen molar-refractivity contribution in [3.05, 3.63) is 0 Å². The summed E-state index contributed by atoms with van der Waals surface area (Å²) in [7, 11) is 0. The summed E-state index contributed by atoms with van der Waals surface area (Å²) in [5, 5.41) is 2.91. The van der Waals surface area contributed by atoms with Crippen molar-refractivity contribution in [2.75, 3.05) is 13.2 Å². The van der Waals surface area contributed by atoms with E-state index in [1.807, 2.05) is 13.8 Å². The fourth-order valence-corrected chi connectivity index (χ4v) is 1.22. The molecule has 15 heavy (non-hydrogen) atoms. The average molecular weight is 215 g/mol. The van der Waals surface area contributed by atoms with Crippen molar-refractivity contribution in [3.63, 3.8) is 0 Å². The Morgan fingerprint density at radius 2 is 1.87 bits per heavy atom. The van der Waals surface area contributed by atoms with Crippen molar-refractivity contribution in [2.24, 2.45) is 5.92 Å². The first kappa shape index (κ1) is 14.4. The predicted octanol–water partition coefficient (Wildman–Crippen LogP) is 2.35. The lowest BCUT2D eigenvalue weighted by molar-refractivity contribution is -0.121. The molecule has 0 bridgehead atoms. The molecule has 0 rings (SSSR count). The average Bonchev–Trinajstić information content (AvgIpc) is 2.09. The Labute approximate surface area is 93.6 Å². The first-order chi connectivity index (χ1) is 7.02. The van der Waals surface area contributed by atoms with Crippen molar-refractivity contribution in [2.45, 2.75) is 53.1 Å². The molecule has 0 unspecified atom stereocenters. The molecule has 0 aromatic carbocycles. The lowest BCUT2D eigenvalue weighted by Crippen LogP contribution is -2.25. The maximum atomic E-state index is 11.3. The number of hydrogen-bond donors (Lipinski definition) is 1. The van der Waals surface area contributed by atoms with Gasteiger partial charge < -0.3 is 10.1 Å². The monoisotopic (exact) mass is 215 g/mol. The Bertz CT molecular complexity index is 167. The van der Waals surface area contributed by atoms with Gasteiger partial charge in [0.1, 0.15) is 0 Å². The predicted molar refractivity (Wildman–Crippen MR) is 62.8 cm³/mol. The van der Waals surface area contributed by atoms with E-state index >= 15 is 0 Å². The quantitative estimate of drug-likeness (QED) is 0.631. The molecule has 3 nitrogen and oxygen atoms in total. The first-order valence-electron chi connectivity index (χ1n) is 5.90. The molecule has 0 aliphatic heterocycles. The van der Waals surface area contributed by atoms with E-state index in [-0.39, 0.29) is 5.91 Å². The van der Waals surface area contributed by atoms with E-state index in [0.29, 0.717) is 18.4 Å². The second-order valence-electron chi connectivity index (χ2n) is 4.57. The van der Waals surface area contributed by atoms with Gasteiger partial charge in [0.25, 0.3) is 0 Å². The standard InChI is InChI=1S/C12H25NO2/c1-10(2)9-12(14)13-7-5-6-8-15-11(3)4/h10-11H,5-9H2,1-4H3,(H,13,14). The van der Waals surface area contributed by atoms with E-state index in [1.165, 1.54) is 0 Å². The highest BCUT2D eigenvalue weighted by molar-refractivity contribution is 5.75. The number of ether oxygens (including phenoxy) is 1. The molecule has 3 heteroatoms. The summed E-state index contributed by atoms with van der Waals surface area (Å²) in [6.07, 6.45) is 2.94. The summed E-state index contributed by atoms with van der Waals surface area (Å²) in [5.74, 6) is 0.601. The second-order valence-corrected chi connectivity index (χ2v) is 4.57. The van der Waals surface area contributed by atoms with Crippen molar-refractivity contribution < 1.29 is 9.53 Å². The summed E-state index contributed by atoms with van der Waals surface area (Å²) >= 11 is 0. The SMILES string of the molecule is CC(C)CC(=O)NCCCCOC(C)C. The maximum absolute atomic E-state index is 11.3. The van der Waals surface area contributed by atoms with Gasteiger partial charge in [0, 0.05) is 19.6 Å². The number of amides is 1. The van der Waals surface area contributed by atoms with E-state index < -0.39 is 0 Å². The second kappa shape index (κ2) is 8.72. The number of rotatable bonds is 8. The van der Waals surface area contributed by atoms with Gasteiger partial charge in [-0.15, -0.1) is 0 Å². The van der Waals surface area contributed by atoms with Crippen molar-refractivity contribution in [3.8, 4) is 0 Å². The molecule has 0 aliphatic carbocycles. The van der Waals surface area contributed by atoms with Gasteiger partial charge in [-0.3, -0.25) is 4.79 Å². The van der Waals surface area contributed by atoms with Crippen molar-refractivity contribution in [1.82, 2.24) is 5.32 Å². The molecule has 0 aromatic rings. The van der Waals surface area contributed by atoms with Gasteiger partial charge in [-0.25, -0.2) is 0 Å². The summed E-state index contributed by atoms with van der Waals surface area (Å²) in [4.78, 5) is 11.3. The minimum absolute atomic E-state index is 0.162. The van der Waals surface area contributed by atoms with Crippen LogP contribution in [0, 0.1) is 5.92 Å². The van der Waals surface area contributed by atoms with Crippen LogP contribution in [0.3, 0.4) is 0 Å². The van der Waals surface area contributed by atoms with Gasteiger partial charge in [0.15, 0.2) is 0 Å². The first-order valence-corrected chi connectivity index (χ1v) is 5.90. The number of nitrogens with one attached hydrogen (secondary N) is 1. The highest BCUT2D eigenvalue weighted by Gasteiger charge is 2.03. The molecule has 0 atom stereocenters. The smallest absolute Gasteiger partial charge is 0.220 e. The van der Waals surface area contributed by atoms with Crippen LogP contribution in [0.25, 0.3) is 0 Å². The lowest BCUT2D eigenvalue weighted by atomic mass is 10.1. The van der Waals surface area contributed by atoms with Gasteiger partial charge in [-0.05, 0) is 32.6 Å². The highest BCUT2D eigenvalue weighted by Crippen LogP contribution is 1.98. The normalized spacial score (nSPS) is 11.1. The number of unbranched alkanes of at least 4 members (excludes halogenated alkanes) is 1. The fraction of sp³-hybridized carbons (Fsp3) is 0.917. The van der Waals surface area contributed by atoms with Gasteiger partial charge >= 0.3 is 0 Å². The van der Waals surface area contributed by atoms with Crippen LogP contribution in [0.5, 0.6) is 0 Å². The summed E-state index contributed by atoms with van der Waals surface area (Å²) in [6, 6.07) is 0. The van der Waals surface area contributed by atoms with Gasteiger partial charge in [0.2, 0.25) is 5.91 Å². The molecule has 0 heterocycles. The zero-order valence-electron chi connectivity index (χ0n) is 10.5. The molecule has 0 radical (unpaired) electrons. The molecular weight excluding hydrogens is 190 g/mol. The summed E-state index contributed by atoms with van der Waals surface area (Å²) < 4.78 is 5.40. The Balaban J connectivity index is 3.20. The van der Waals surface area contributed by atoms with Crippen LogP contribution in [0.2, 0.25) is 0 Å². The van der Waals surface area contributed by atoms with Crippen LogP contribution < -0.4 is 5.32 Å². The Hall–Kier alpha value is -0.570. The Morgan fingerprint density at radius 1 is 1.20 bits per heavy atom. The van der Waals surface area contributed by atoms with E-state index in [1.54, 1.807) is 0 Å². The molecule has 0 aromatic heterocycles. The fourth-order valence-electron chi connectivity index (χ4n) is 1.22. The summed E-state index contributed by atoms with van der Waals surface area (Å²) in [5.41, 5.74) is 0. The molecule has 1 amide bonds. The number of carbonyl (C=O) groups is 1. The minimum atomic E-state index is 0.162. The Kier molecular flexibility index (Phi) is 8.38. The number of hydrogen-bond acceptors (Lipinski definition) is 2. The zero-order valence-corrected chi connectivity index (χ0v) is 10.5. The molecule has 0 spiro atoms. The van der Waals surface area contributed by atoms with Crippen LogP contribution in [-0.2, 0) is 9.53 Å². The van der Waals surface area contributed by atoms with Gasteiger partial charge in [-0.1, -0.05) is 13.8 Å². The van der Waals surface area contributed by atoms with E-state index in [4.69, 9.17) is 4.74 Å². The summed E-state index contributed by atoms with van der Waals surface area (Å²) in [6.45, 7) is 9.73. The third-order valence-corrected chi connectivity index (χ3v) is 1.94. The molecule has 0 fully saturated rings. The van der Waals surface area contributed by atoms with Gasteiger partial charge in [0.05, 0.1) is 6.10 Å². The molecular formula is C12H25NO2. The van der Waals surface area contributed by atoms with Crippen molar-refractivity contribution in [1.29, 1.82) is 0 Å². The van der Waals surface area contributed by atoms with E-state index in [2.05, 4.69) is 19.2 Å². The highest BCUT2D eigenvalue weighted by atomic mass is 16.5. The largest absolute Gasteiger partial charge is 0.379 e. The zero-order chi connectivity index (χ0) is 11.7.